The molecule has 0 aliphatic rings. The van der Waals surface area contributed by atoms with Crippen LogP contribution in [0.2, 0.25) is 5.02 Å². The second-order valence-electron chi connectivity index (χ2n) is 4.42. The van der Waals surface area contributed by atoms with E-state index < -0.39 is 0 Å². The zero-order valence-corrected chi connectivity index (χ0v) is 12.1. The molecular formula is C14H16ClN3O2. The molecule has 2 aromatic rings. The maximum absolute atomic E-state index is 11.6. The maximum atomic E-state index is 11.6. The Labute approximate surface area is 122 Å². The highest BCUT2D eigenvalue weighted by molar-refractivity contribution is 6.31. The summed E-state index contributed by atoms with van der Waals surface area (Å²) in [5.74, 6) is 0.219. The van der Waals surface area contributed by atoms with Crippen LogP contribution in [-0.4, -0.2) is 29.1 Å². The summed E-state index contributed by atoms with van der Waals surface area (Å²) >= 11 is 5.93. The van der Waals surface area contributed by atoms with Gasteiger partial charge >= 0.3 is 5.97 Å². The van der Waals surface area contributed by atoms with E-state index in [1.807, 2.05) is 13.0 Å². The van der Waals surface area contributed by atoms with Gasteiger partial charge in [0.25, 0.3) is 0 Å². The molecular weight excluding hydrogens is 278 g/mol. The molecule has 0 aliphatic heterocycles. The Balaban J connectivity index is 2.12. The van der Waals surface area contributed by atoms with Gasteiger partial charge in [-0.15, -0.1) is 0 Å². The van der Waals surface area contributed by atoms with Crippen LogP contribution < -0.4 is 5.32 Å². The summed E-state index contributed by atoms with van der Waals surface area (Å²) in [6.45, 7) is 4.44. The Morgan fingerprint density at radius 1 is 1.45 bits per heavy atom. The number of rotatable bonds is 5. The van der Waals surface area contributed by atoms with Crippen LogP contribution in [0.15, 0.2) is 24.5 Å². The highest BCUT2D eigenvalue weighted by Gasteiger charge is 2.14. The molecule has 1 heterocycles. The fourth-order valence-electron chi connectivity index (χ4n) is 1.79. The predicted molar refractivity (Wildman–Crippen MR) is 78.8 cm³/mol. The molecule has 1 N–H and O–H groups in total. The third kappa shape index (κ3) is 3.36. The number of nitrogens with one attached hydrogen (secondary N) is 1. The van der Waals surface area contributed by atoms with Crippen molar-refractivity contribution in [2.45, 2.75) is 13.8 Å². The van der Waals surface area contributed by atoms with E-state index in [1.165, 1.54) is 6.33 Å². The lowest BCUT2D eigenvalue weighted by molar-refractivity contribution is -0.146. The first-order chi connectivity index (χ1) is 9.61. The summed E-state index contributed by atoms with van der Waals surface area (Å²) in [4.78, 5) is 19.9. The molecule has 0 radical (unpaired) electrons. The number of anilines is 1. The first-order valence-corrected chi connectivity index (χ1v) is 6.80. The SMILES string of the molecule is CCOC(=O)C(C)CNc1ncnc2cc(Cl)ccc12. The van der Waals surface area contributed by atoms with Crippen molar-refractivity contribution in [2.75, 3.05) is 18.5 Å². The van der Waals surface area contributed by atoms with Gasteiger partial charge < -0.3 is 10.1 Å². The molecule has 0 saturated heterocycles. The highest BCUT2D eigenvalue weighted by atomic mass is 35.5. The molecule has 0 saturated carbocycles. The number of carbonyl (C=O) groups is 1. The first kappa shape index (κ1) is 14.5. The molecule has 0 fully saturated rings. The van der Waals surface area contributed by atoms with E-state index in [1.54, 1.807) is 19.1 Å². The molecule has 106 valence electrons. The summed E-state index contributed by atoms with van der Waals surface area (Å²) in [5, 5.41) is 4.65. The van der Waals surface area contributed by atoms with Crippen molar-refractivity contribution in [1.29, 1.82) is 0 Å². The summed E-state index contributed by atoms with van der Waals surface area (Å²) in [6.07, 6.45) is 1.47. The Kier molecular flexibility index (Phi) is 4.74. The molecule has 1 aromatic carbocycles. The highest BCUT2D eigenvalue weighted by Crippen LogP contribution is 2.22. The fraction of sp³-hybridized carbons (Fsp3) is 0.357. The van der Waals surface area contributed by atoms with Gasteiger partial charge in [0.1, 0.15) is 12.1 Å². The van der Waals surface area contributed by atoms with Gasteiger partial charge in [0.15, 0.2) is 0 Å². The van der Waals surface area contributed by atoms with E-state index in [2.05, 4.69) is 15.3 Å². The molecule has 20 heavy (non-hydrogen) atoms. The molecule has 5 nitrogen and oxygen atoms in total. The number of fused-ring (bicyclic) bond motifs is 1. The van der Waals surface area contributed by atoms with E-state index in [0.717, 1.165) is 10.9 Å². The number of benzene rings is 1. The molecule has 1 unspecified atom stereocenters. The van der Waals surface area contributed by atoms with E-state index in [4.69, 9.17) is 16.3 Å². The van der Waals surface area contributed by atoms with Crippen molar-refractivity contribution in [3.05, 3.63) is 29.5 Å². The number of hydrogen-bond acceptors (Lipinski definition) is 5. The van der Waals surface area contributed by atoms with Gasteiger partial charge in [-0.3, -0.25) is 4.79 Å². The Morgan fingerprint density at radius 3 is 3.00 bits per heavy atom. The average molecular weight is 294 g/mol. The van der Waals surface area contributed by atoms with Gasteiger partial charge in [-0.1, -0.05) is 18.5 Å². The van der Waals surface area contributed by atoms with Gasteiger partial charge in [-0.05, 0) is 25.1 Å². The van der Waals surface area contributed by atoms with Crippen LogP contribution in [0.5, 0.6) is 0 Å². The van der Waals surface area contributed by atoms with Gasteiger partial charge in [0.2, 0.25) is 0 Å². The normalized spacial score (nSPS) is 12.2. The molecule has 0 aliphatic carbocycles. The number of nitrogens with zero attached hydrogens (tertiary/aromatic N) is 2. The third-order valence-corrected chi connectivity index (χ3v) is 3.10. The average Bonchev–Trinajstić information content (AvgIpc) is 2.44. The van der Waals surface area contributed by atoms with Crippen molar-refractivity contribution in [3.8, 4) is 0 Å². The van der Waals surface area contributed by atoms with Gasteiger partial charge in [0, 0.05) is 17.0 Å². The van der Waals surface area contributed by atoms with Crippen LogP contribution in [0.25, 0.3) is 10.9 Å². The molecule has 1 aromatic heterocycles. The fourth-order valence-corrected chi connectivity index (χ4v) is 1.96. The molecule has 1 atom stereocenters. The lowest BCUT2D eigenvalue weighted by atomic mass is 10.2. The van der Waals surface area contributed by atoms with Gasteiger partial charge in [0.05, 0.1) is 18.0 Å². The number of ether oxygens (including phenoxy) is 1. The maximum Gasteiger partial charge on any atom is 0.310 e. The van der Waals surface area contributed by atoms with Crippen LogP contribution in [0, 0.1) is 5.92 Å². The standard InChI is InChI=1S/C14H16ClN3O2/c1-3-20-14(19)9(2)7-16-13-11-5-4-10(15)6-12(11)17-8-18-13/h4-6,8-9H,3,7H2,1-2H3,(H,16,17,18). The Bertz CT molecular complexity index is 618. The number of aromatic nitrogens is 2. The van der Waals surface area contributed by atoms with Crippen molar-refractivity contribution in [1.82, 2.24) is 9.97 Å². The minimum Gasteiger partial charge on any atom is -0.466 e. The van der Waals surface area contributed by atoms with Crippen molar-refractivity contribution >= 4 is 34.3 Å². The van der Waals surface area contributed by atoms with Crippen LogP contribution in [0.1, 0.15) is 13.8 Å². The molecule has 6 heteroatoms. The largest absolute Gasteiger partial charge is 0.466 e. The molecule has 0 amide bonds. The van der Waals surface area contributed by atoms with Crippen LogP contribution in [-0.2, 0) is 9.53 Å². The van der Waals surface area contributed by atoms with Crippen molar-refractivity contribution in [3.63, 3.8) is 0 Å². The van der Waals surface area contributed by atoms with Crippen molar-refractivity contribution in [2.24, 2.45) is 5.92 Å². The quantitative estimate of drug-likeness (QED) is 0.859. The number of esters is 1. The van der Waals surface area contributed by atoms with Gasteiger partial charge in [-0.2, -0.15) is 0 Å². The van der Waals surface area contributed by atoms with E-state index in [-0.39, 0.29) is 11.9 Å². The second-order valence-corrected chi connectivity index (χ2v) is 4.85. The summed E-state index contributed by atoms with van der Waals surface area (Å²) in [7, 11) is 0. The van der Waals surface area contributed by atoms with Crippen LogP contribution in [0.4, 0.5) is 5.82 Å². The minimum absolute atomic E-state index is 0.221. The number of carbonyl (C=O) groups excluding carboxylic acids is 1. The molecule has 2 rings (SSSR count). The first-order valence-electron chi connectivity index (χ1n) is 6.42. The van der Waals surface area contributed by atoms with Crippen LogP contribution in [0.3, 0.4) is 0 Å². The zero-order chi connectivity index (χ0) is 14.5. The number of halogens is 1. The lowest BCUT2D eigenvalue weighted by Gasteiger charge is -2.13. The lowest BCUT2D eigenvalue weighted by Crippen LogP contribution is -2.23. The Hall–Kier alpha value is -1.88. The molecule has 0 bridgehead atoms. The minimum atomic E-state index is -0.243. The summed E-state index contributed by atoms with van der Waals surface area (Å²) < 4.78 is 4.97. The topological polar surface area (TPSA) is 64.1 Å². The summed E-state index contributed by atoms with van der Waals surface area (Å²) in [6, 6.07) is 5.42. The van der Waals surface area contributed by atoms with E-state index in [0.29, 0.717) is 24.0 Å². The van der Waals surface area contributed by atoms with E-state index >= 15 is 0 Å². The Morgan fingerprint density at radius 2 is 2.25 bits per heavy atom. The third-order valence-electron chi connectivity index (χ3n) is 2.86. The predicted octanol–water partition coefficient (Wildman–Crippen LogP) is 2.89. The number of hydrogen-bond donors (Lipinski definition) is 1. The monoisotopic (exact) mass is 293 g/mol. The smallest absolute Gasteiger partial charge is 0.310 e. The van der Waals surface area contributed by atoms with Crippen LogP contribution >= 0.6 is 11.6 Å². The molecule has 0 spiro atoms. The zero-order valence-electron chi connectivity index (χ0n) is 11.4. The second kappa shape index (κ2) is 6.52. The van der Waals surface area contributed by atoms with Gasteiger partial charge in [-0.25, -0.2) is 9.97 Å². The van der Waals surface area contributed by atoms with E-state index in [9.17, 15) is 4.79 Å². The summed E-state index contributed by atoms with van der Waals surface area (Å²) in [5.41, 5.74) is 0.763. The van der Waals surface area contributed by atoms with Crippen molar-refractivity contribution < 1.29 is 9.53 Å².